The molecule has 1 aromatic heterocycles. The van der Waals surface area contributed by atoms with Gasteiger partial charge in [-0.1, -0.05) is 23.7 Å². The lowest BCUT2D eigenvalue weighted by Gasteiger charge is -2.35. The highest BCUT2D eigenvalue weighted by Gasteiger charge is 2.24. The Morgan fingerprint density at radius 3 is 2.54 bits per heavy atom. The van der Waals surface area contributed by atoms with Crippen molar-refractivity contribution in [1.82, 2.24) is 14.9 Å². The van der Waals surface area contributed by atoms with Gasteiger partial charge in [0.1, 0.15) is 11.6 Å². The molecule has 1 aliphatic heterocycles. The van der Waals surface area contributed by atoms with Crippen molar-refractivity contribution >= 4 is 23.3 Å². The van der Waals surface area contributed by atoms with E-state index in [0.29, 0.717) is 48.5 Å². The number of rotatable bonds is 3. The molecular weight excluding hydrogens is 328 g/mol. The Morgan fingerprint density at radius 1 is 1.17 bits per heavy atom. The molecule has 3 rings (SSSR count). The molecule has 6 nitrogen and oxygen atoms in total. The Hall–Kier alpha value is -2.34. The molecule has 0 bridgehead atoms. The van der Waals surface area contributed by atoms with Gasteiger partial charge in [0.05, 0.1) is 17.7 Å². The molecular formula is C17H19ClN4O2. The Labute approximate surface area is 146 Å². The maximum Gasteiger partial charge on any atom is 0.255 e. The van der Waals surface area contributed by atoms with E-state index in [1.54, 1.807) is 19.2 Å². The number of amides is 1. The fourth-order valence-electron chi connectivity index (χ4n) is 2.74. The van der Waals surface area contributed by atoms with Crippen molar-refractivity contribution in [3.05, 3.63) is 46.7 Å². The van der Waals surface area contributed by atoms with Crippen molar-refractivity contribution in [2.24, 2.45) is 0 Å². The molecule has 1 aliphatic rings. The molecule has 2 aromatic rings. The molecule has 24 heavy (non-hydrogen) atoms. The summed E-state index contributed by atoms with van der Waals surface area (Å²) < 4.78 is 5.20. The zero-order chi connectivity index (χ0) is 17.1. The number of methoxy groups -OCH3 is 1. The fourth-order valence-corrected chi connectivity index (χ4v) is 2.95. The van der Waals surface area contributed by atoms with E-state index < -0.39 is 0 Å². The third-order valence-electron chi connectivity index (χ3n) is 4.01. The van der Waals surface area contributed by atoms with Crippen LogP contribution in [0, 0.1) is 6.92 Å². The minimum absolute atomic E-state index is 0.0308. The number of piperazine rings is 1. The van der Waals surface area contributed by atoms with Crippen molar-refractivity contribution in [2.75, 3.05) is 38.2 Å². The van der Waals surface area contributed by atoms with Gasteiger partial charge in [0.25, 0.3) is 5.91 Å². The van der Waals surface area contributed by atoms with Gasteiger partial charge in [-0.2, -0.15) is 4.98 Å². The predicted octanol–water partition coefficient (Wildman–Crippen LogP) is 2.41. The first-order chi connectivity index (χ1) is 11.6. The molecule has 1 saturated heterocycles. The first-order valence-electron chi connectivity index (χ1n) is 7.77. The second-order valence-corrected chi connectivity index (χ2v) is 5.98. The molecule has 1 amide bonds. The van der Waals surface area contributed by atoms with Crippen LogP contribution in [0.25, 0.3) is 0 Å². The van der Waals surface area contributed by atoms with Crippen LogP contribution in [0.1, 0.15) is 16.2 Å². The molecule has 0 radical (unpaired) electrons. The molecule has 0 unspecified atom stereocenters. The Morgan fingerprint density at radius 2 is 1.88 bits per heavy atom. The number of carbonyl (C=O) groups excluding carboxylic acids is 1. The molecule has 0 spiro atoms. The smallest absolute Gasteiger partial charge is 0.255 e. The van der Waals surface area contributed by atoms with Crippen molar-refractivity contribution in [3.8, 4) is 5.88 Å². The predicted molar refractivity (Wildman–Crippen MR) is 92.9 cm³/mol. The Kier molecular flexibility index (Phi) is 4.85. The van der Waals surface area contributed by atoms with Crippen LogP contribution in [0.3, 0.4) is 0 Å². The summed E-state index contributed by atoms with van der Waals surface area (Å²) in [6.45, 7) is 4.49. The summed E-state index contributed by atoms with van der Waals surface area (Å²) in [5.41, 5.74) is 0.548. The zero-order valence-electron chi connectivity index (χ0n) is 13.7. The quantitative estimate of drug-likeness (QED) is 0.854. The van der Waals surface area contributed by atoms with Gasteiger partial charge in [-0.05, 0) is 19.1 Å². The van der Waals surface area contributed by atoms with Gasteiger partial charge in [-0.3, -0.25) is 4.79 Å². The monoisotopic (exact) mass is 346 g/mol. The number of aromatic nitrogens is 2. The van der Waals surface area contributed by atoms with E-state index in [0.717, 1.165) is 5.82 Å². The number of halogens is 1. The highest BCUT2D eigenvalue weighted by atomic mass is 35.5. The van der Waals surface area contributed by atoms with Gasteiger partial charge < -0.3 is 14.5 Å². The SMILES string of the molecule is COc1cc(N2CCN(C(=O)c3ccccc3Cl)CC2)nc(C)n1. The summed E-state index contributed by atoms with van der Waals surface area (Å²) in [6.07, 6.45) is 0. The summed E-state index contributed by atoms with van der Waals surface area (Å²) in [4.78, 5) is 25.2. The second kappa shape index (κ2) is 7.05. The number of benzene rings is 1. The minimum Gasteiger partial charge on any atom is -0.481 e. The van der Waals surface area contributed by atoms with Gasteiger partial charge in [0, 0.05) is 32.2 Å². The van der Waals surface area contributed by atoms with Crippen LogP contribution in [-0.2, 0) is 0 Å². The lowest BCUT2D eigenvalue weighted by Crippen LogP contribution is -2.49. The van der Waals surface area contributed by atoms with Gasteiger partial charge >= 0.3 is 0 Å². The first kappa shape index (κ1) is 16.5. The highest BCUT2D eigenvalue weighted by molar-refractivity contribution is 6.33. The average molecular weight is 347 g/mol. The summed E-state index contributed by atoms with van der Waals surface area (Å²) in [5, 5.41) is 0.487. The number of hydrogen-bond acceptors (Lipinski definition) is 5. The number of anilines is 1. The average Bonchev–Trinajstić information content (AvgIpc) is 2.61. The van der Waals surface area contributed by atoms with Crippen molar-refractivity contribution in [2.45, 2.75) is 6.92 Å². The molecule has 1 aromatic carbocycles. The Balaban J connectivity index is 1.69. The van der Waals surface area contributed by atoms with Gasteiger partial charge in [-0.25, -0.2) is 4.98 Å². The summed E-state index contributed by atoms with van der Waals surface area (Å²) >= 11 is 6.12. The maximum atomic E-state index is 12.6. The second-order valence-electron chi connectivity index (χ2n) is 5.57. The minimum atomic E-state index is -0.0308. The van der Waals surface area contributed by atoms with E-state index in [-0.39, 0.29) is 5.91 Å². The lowest BCUT2D eigenvalue weighted by atomic mass is 10.2. The van der Waals surface area contributed by atoms with Crippen molar-refractivity contribution in [3.63, 3.8) is 0 Å². The zero-order valence-corrected chi connectivity index (χ0v) is 14.5. The topological polar surface area (TPSA) is 58.6 Å². The molecule has 2 heterocycles. The number of nitrogens with zero attached hydrogens (tertiary/aromatic N) is 4. The summed E-state index contributed by atoms with van der Waals surface area (Å²) in [5.74, 6) is 2.01. The number of ether oxygens (including phenoxy) is 1. The van der Waals surface area contributed by atoms with E-state index in [1.165, 1.54) is 0 Å². The highest BCUT2D eigenvalue weighted by Crippen LogP contribution is 2.21. The van der Waals surface area contributed by atoms with Crippen molar-refractivity contribution < 1.29 is 9.53 Å². The van der Waals surface area contributed by atoms with Crippen LogP contribution in [-0.4, -0.2) is 54.1 Å². The molecule has 126 valence electrons. The molecule has 0 aliphatic carbocycles. The standard InChI is InChI=1S/C17H19ClN4O2/c1-12-19-15(11-16(20-12)24-2)21-7-9-22(10-8-21)17(23)13-5-3-4-6-14(13)18/h3-6,11H,7-10H2,1-2H3. The van der Waals surface area contributed by atoms with Crippen LogP contribution in [0.5, 0.6) is 5.88 Å². The molecule has 7 heteroatoms. The van der Waals surface area contributed by atoms with E-state index in [2.05, 4.69) is 14.9 Å². The van der Waals surface area contributed by atoms with Crippen LogP contribution < -0.4 is 9.64 Å². The van der Waals surface area contributed by atoms with E-state index in [1.807, 2.05) is 30.0 Å². The third kappa shape index (κ3) is 3.43. The number of hydrogen-bond donors (Lipinski definition) is 0. The molecule has 0 atom stereocenters. The molecule has 0 saturated carbocycles. The van der Waals surface area contributed by atoms with Gasteiger partial charge in [-0.15, -0.1) is 0 Å². The van der Waals surface area contributed by atoms with Gasteiger partial charge in [0.2, 0.25) is 5.88 Å². The van der Waals surface area contributed by atoms with Crippen LogP contribution in [0.15, 0.2) is 30.3 Å². The van der Waals surface area contributed by atoms with Crippen LogP contribution in [0.2, 0.25) is 5.02 Å². The lowest BCUT2D eigenvalue weighted by molar-refractivity contribution is 0.0746. The molecule has 1 fully saturated rings. The van der Waals surface area contributed by atoms with Gasteiger partial charge in [0.15, 0.2) is 0 Å². The molecule has 0 N–H and O–H groups in total. The third-order valence-corrected chi connectivity index (χ3v) is 4.33. The van der Waals surface area contributed by atoms with Crippen LogP contribution in [0.4, 0.5) is 5.82 Å². The van der Waals surface area contributed by atoms with E-state index >= 15 is 0 Å². The summed E-state index contributed by atoms with van der Waals surface area (Å²) in [7, 11) is 1.59. The first-order valence-corrected chi connectivity index (χ1v) is 8.14. The Bertz CT molecular complexity index is 745. The van der Waals surface area contributed by atoms with E-state index in [9.17, 15) is 4.79 Å². The van der Waals surface area contributed by atoms with E-state index in [4.69, 9.17) is 16.3 Å². The number of aryl methyl sites for hydroxylation is 1. The van der Waals surface area contributed by atoms with Crippen LogP contribution >= 0.6 is 11.6 Å². The largest absolute Gasteiger partial charge is 0.481 e. The summed E-state index contributed by atoms with van der Waals surface area (Å²) in [6, 6.07) is 8.96. The number of carbonyl (C=O) groups is 1. The fraction of sp³-hybridized carbons (Fsp3) is 0.353. The maximum absolute atomic E-state index is 12.6. The normalized spacial score (nSPS) is 14.6. The van der Waals surface area contributed by atoms with Crippen molar-refractivity contribution in [1.29, 1.82) is 0 Å².